The zero-order valence-electron chi connectivity index (χ0n) is 12.0. The van der Waals surface area contributed by atoms with Crippen molar-refractivity contribution in [3.63, 3.8) is 0 Å². The lowest BCUT2D eigenvalue weighted by Crippen LogP contribution is -2.43. The van der Waals surface area contributed by atoms with E-state index in [1.807, 2.05) is 23.7 Å². The molecule has 0 unspecified atom stereocenters. The van der Waals surface area contributed by atoms with Crippen LogP contribution in [0.15, 0.2) is 12.1 Å². The van der Waals surface area contributed by atoms with Crippen molar-refractivity contribution in [2.24, 2.45) is 0 Å². The number of aromatic nitrogens is 4. The largest absolute Gasteiger partial charge is 0.364 e. The maximum atomic E-state index is 11.5. The molecular weight excluding hydrogens is 268 g/mol. The molecule has 3 heterocycles. The molecule has 1 aliphatic carbocycles. The van der Waals surface area contributed by atoms with Gasteiger partial charge in [-0.05, 0) is 31.4 Å². The van der Waals surface area contributed by atoms with Crippen LogP contribution in [0, 0.1) is 0 Å². The Labute approximate surface area is 122 Å². The van der Waals surface area contributed by atoms with Crippen LogP contribution in [0.5, 0.6) is 0 Å². The Morgan fingerprint density at radius 1 is 1.24 bits per heavy atom. The van der Waals surface area contributed by atoms with Crippen molar-refractivity contribution in [2.45, 2.75) is 37.6 Å². The number of fused-ring (bicyclic) bond motifs is 1. The molecule has 0 bridgehead atoms. The van der Waals surface area contributed by atoms with Gasteiger partial charge in [0.1, 0.15) is 5.82 Å². The van der Waals surface area contributed by atoms with Crippen LogP contribution in [-0.2, 0) is 4.79 Å². The summed E-state index contributed by atoms with van der Waals surface area (Å²) in [5.74, 6) is 2.51. The maximum absolute atomic E-state index is 11.5. The number of nitrogens with zero attached hydrogens (tertiary/aromatic N) is 5. The summed E-state index contributed by atoms with van der Waals surface area (Å²) < 4.78 is 1.84. The van der Waals surface area contributed by atoms with Crippen molar-refractivity contribution in [3.05, 3.63) is 18.0 Å². The third-order valence-electron chi connectivity index (χ3n) is 4.21. The molecule has 2 fully saturated rings. The molecule has 1 saturated carbocycles. The topological polar surface area (TPSA) is 75.4 Å². The van der Waals surface area contributed by atoms with Gasteiger partial charge in [0.25, 0.3) is 0 Å². The third-order valence-corrected chi connectivity index (χ3v) is 4.21. The molecule has 0 aromatic carbocycles. The van der Waals surface area contributed by atoms with E-state index in [1.54, 1.807) is 4.90 Å². The minimum atomic E-state index is 0.214. The molecule has 1 aliphatic heterocycles. The van der Waals surface area contributed by atoms with E-state index in [1.165, 1.54) is 12.8 Å². The number of anilines is 1. The first-order valence-electron chi connectivity index (χ1n) is 7.43. The lowest BCUT2D eigenvalue weighted by molar-refractivity contribution is -0.132. The van der Waals surface area contributed by atoms with Gasteiger partial charge in [-0.1, -0.05) is 0 Å². The molecule has 1 atom stereocenters. The standard InChI is InChI=1S/C14H18N6O/c1-19-8-10(4-7-13(19)21)15-11-5-6-12-16-17-14(9-2-3-9)20(12)18-11/h5-6,9-10H,2-4,7-8H2,1H3,(H,15,18)/t10-/m1/s1. The highest BCUT2D eigenvalue weighted by Crippen LogP contribution is 2.38. The highest BCUT2D eigenvalue weighted by atomic mass is 16.2. The number of piperidine rings is 1. The van der Waals surface area contributed by atoms with E-state index in [9.17, 15) is 4.79 Å². The van der Waals surface area contributed by atoms with Crippen LogP contribution in [0.2, 0.25) is 0 Å². The molecule has 2 aliphatic rings. The second-order valence-corrected chi connectivity index (χ2v) is 5.98. The fourth-order valence-corrected chi connectivity index (χ4v) is 2.82. The summed E-state index contributed by atoms with van der Waals surface area (Å²) in [7, 11) is 1.85. The Hall–Kier alpha value is -2.18. The van der Waals surface area contributed by atoms with Crippen molar-refractivity contribution < 1.29 is 4.79 Å². The highest BCUT2D eigenvalue weighted by Gasteiger charge is 2.29. The minimum Gasteiger partial charge on any atom is -0.364 e. The van der Waals surface area contributed by atoms with Gasteiger partial charge in [-0.25, -0.2) is 0 Å². The number of carbonyl (C=O) groups excluding carboxylic acids is 1. The summed E-state index contributed by atoms with van der Waals surface area (Å²) in [5.41, 5.74) is 0.790. The summed E-state index contributed by atoms with van der Waals surface area (Å²) in [5, 5.41) is 16.4. The Morgan fingerprint density at radius 3 is 2.86 bits per heavy atom. The number of nitrogens with one attached hydrogen (secondary N) is 1. The van der Waals surface area contributed by atoms with Crippen LogP contribution in [0.3, 0.4) is 0 Å². The molecule has 2 aromatic rings. The number of likely N-dealkylation sites (N-methyl/N-ethyl adjacent to an activating group) is 1. The van der Waals surface area contributed by atoms with E-state index in [0.29, 0.717) is 12.3 Å². The third kappa shape index (κ3) is 2.32. The fourth-order valence-electron chi connectivity index (χ4n) is 2.82. The Bertz CT molecular complexity index is 692. The highest BCUT2D eigenvalue weighted by molar-refractivity contribution is 5.77. The second-order valence-electron chi connectivity index (χ2n) is 5.98. The van der Waals surface area contributed by atoms with Crippen molar-refractivity contribution in [1.82, 2.24) is 24.7 Å². The lowest BCUT2D eigenvalue weighted by atomic mass is 10.1. The van der Waals surface area contributed by atoms with Crippen LogP contribution >= 0.6 is 0 Å². The van der Waals surface area contributed by atoms with Gasteiger partial charge in [-0.2, -0.15) is 4.52 Å². The van der Waals surface area contributed by atoms with Crippen molar-refractivity contribution >= 4 is 17.4 Å². The van der Waals surface area contributed by atoms with Gasteiger partial charge < -0.3 is 10.2 Å². The smallest absolute Gasteiger partial charge is 0.222 e. The maximum Gasteiger partial charge on any atom is 0.222 e. The van der Waals surface area contributed by atoms with Gasteiger partial charge in [-0.15, -0.1) is 15.3 Å². The number of hydrogen-bond donors (Lipinski definition) is 1. The van der Waals surface area contributed by atoms with Crippen molar-refractivity contribution in [1.29, 1.82) is 0 Å². The molecule has 7 nitrogen and oxygen atoms in total. The monoisotopic (exact) mass is 286 g/mol. The van der Waals surface area contributed by atoms with Gasteiger partial charge >= 0.3 is 0 Å². The fraction of sp³-hybridized carbons (Fsp3) is 0.571. The Kier molecular flexibility index (Phi) is 2.80. The minimum absolute atomic E-state index is 0.214. The summed E-state index contributed by atoms with van der Waals surface area (Å²) in [6.07, 6.45) is 3.79. The zero-order valence-corrected chi connectivity index (χ0v) is 12.0. The van der Waals surface area contributed by atoms with Crippen molar-refractivity contribution in [3.8, 4) is 0 Å². The van der Waals surface area contributed by atoms with Crippen molar-refractivity contribution in [2.75, 3.05) is 18.9 Å². The predicted octanol–water partition coefficient (Wildman–Crippen LogP) is 1.03. The Morgan fingerprint density at radius 2 is 2.10 bits per heavy atom. The van der Waals surface area contributed by atoms with E-state index in [2.05, 4.69) is 20.6 Å². The van der Waals surface area contributed by atoms with Crippen LogP contribution in [0.1, 0.15) is 37.4 Å². The molecule has 1 amide bonds. The summed E-state index contributed by atoms with van der Waals surface area (Å²) >= 11 is 0. The number of carbonyl (C=O) groups is 1. The van der Waals surface area contributed by atoms with Crippen LogP contribution in [-0.4, -0.2) is 50.3 Å². The predicted molar refractivity (Wildman–Crippen MR) is 77.0 cm³/mol. The molecule has 110 valence electrons. The Balaban J connectivity index is 1.56. The molecule has 1 saturated heterocycles. The van der Waals surface area contributed by atoms with Crippen LogP contribution < -0.4 is 5.32 Å². The number of hydrogen-bond acceptors (Lipinski definition) is 5. The molecule has 0 radical (unpaired) electrons. The van der Waals surface area contributed by atoms with E-state index >= 15 is 0 Å². The molecular formula is C14H18N6O. The van der Waals surface area contributed by atoms with Crippen LogP contribution in [0.25, 0.3) is 5.65 Å². The average molecular weight is 286 g/mol. The molecule has 2 aromatic heterocycles. The summed E-state index contributed by atoms with van der Waals surface area (Å²) in [6, 6.07) is 4.11. The lowest BCUT2D eigenvalue weighted by Gasteiger charge is -2.30. The van der Waals surface area contributed by atoms with Gasteiger partial charge in [0.2, 0.25) is 5.91 Å². The normalized spacial score (nSPS) is 22.8. The quantitative estimate of drug-likeness (QED) is 0.912. The molecule has 0 spiro atoms. The first-order valence-corrected chi connectivity index (χ1v) is 7.43. The van der Waals surface area contributed by atoms with Crippen LogP contribution in [0.4, 0.5) is 5.82 Å². The number of rotatable bonds is 3. The first kappa shape index (κ1) is 12.6. The summed E-state index contributed by atoms with van der Waals surface area (Å²) in [6.45, 7) is 0.718. The van der Waals surface area contributed by atoms with E-state index in [-0.39, 0.29) is 11.9 Å². The first-order chi connectivity index (χ1) is 10.2. The van der Waals surface area contributed by atoms with Gasteiger partial charge in [-0.3, -0.25) is 4.79 Å². The zero-order chi connectivity index (χ0) is 14.4. The SMILES string of the molecule is CN1C[C@H](Nc2ccc3nnc(C4CC4)n3n2)CCC1=O. The van der Waals surface area contributed by atoms with E-state index < -0.39 is 0 Å². The molecule has 4 rings (SSSR count). The number of likely N-dealkylation sites (tertiary alicyclic amines) is 1. The van der Waals surface area contributed by atoms with Gasteiger partial charge in [0.15, 0.2) is 11.5 Å². The molecule has 1 N–H and O–H groups in total. The van der Waals surface area contributed by atoms with E-state index in [0.717, 1.165) is 30.3 Å². The van der Waals surface area contributed by atoms with Gasteiger partial charge in [0, 0.05) is 32.0 Å². The molecule has 21 heavy (non-hydrogen) atoms. The second kappa shape index (κ2) is 4.68. The average Bonchev–Trinajstić information content (AvgIpc) is 3.23. The molecule has 7 heteroatoms. The number of amides is 1. The summed E-state index contributed by atoms with van der Waals surface area (Å²) in [4.78, 5) is 13.3. The van der Waals surface area contributed by atoms with Gasteiger partial charge in [0.05, 0.1) is 0 Å². The van der Waals surface area contributed by atoms with E-state index in [4.69, 9.17) is 0 Å².